The van der Waals surface area contributed by atoms with Gasteiger partial charge in [0.2, 0.25) is 5.95 Å². The van der Waals surface area contributed by atoms with Gasteiger partial charge >= 0.3 is 12.1 Å². The standard InChI is InChI=1S/C15H21N3O5/c1-15(2,3)23-14(21)18-13-16-10-6-5-8(12(20)22-4)7-9(10)11(19)17-13/h8H,5-7H2,1-4H3,(H2,16,17,18,19,21). The molecular formula is C15H21N3O5. The largest absolute Gasteiger partial charge is 0.469 e. The fraction of sp³-hybridized carbons (Fsp3) is 0.600. The number of esters is 1. The first-order valence-corrected chi connectivity index (χ1v) is 7.39. The lowest BCUT2D eigenvalue weighted by Gasteiger charge is -2.22. The Morgan fingerprint density at radius 3 is 2.65 bits per heavy atom. The molecule has 1 heterocycles. The van der Waals surface area contributed by atoms with Crippen molar-refractivity contribution < 1.29 is 19.1 Å². The summed E-state index contributed by atoms with van der Waals surface area (Å²) in [5.41, 5.74) is 0.0304. The zero-order valence-corrected chi connectivity index (χ0v) is 13.7. The van der Waals surface area contributed by atoms with Gasteiger partial charge in [-0.3, -0.25) is 19.9 Å². The van der Waals surface area contributed by atoms with Gasteiger partial charge in [0.15, 0.2) is 0 Å². The normalized spacial score (nSPS) is 17.1. The summed E-state index contributed by atoms with van der Waals surface area (Å²) in [6.45, 7) is 5.22. The first-order chi connectivity index (χ1) is 10.7. The predicted molar refractivity (Wildman–Crippen MR) is 82.2 cm³/mol. The monoisotopic (exact) mass is 323 g/mol. The molecular weight excluding hydrogens is 302 g/mol. The third kappa shape index (κ3) is 4.30. The second-order valence-corrected chi connectivity index (χ2v) is 6.43. The number of amides is 1. The van der Waals surface area contributed by atoms with Crippen molar-refractivity contribution in [3.05, 3.63) is 21.6 Å². The highest BCUT2D eigenvalue weighted by atomic mass is 16.6. The molecule has 8 nitrogen and oxygen atoms in total. The molecule has 1 amide bonds. The van der Waals surface area contributed by atoms with Crippen molar-refractivity contribution in [2.45, 2.75) is 45.6 Å². The van der Waals surface area contributed by atoms with E-state index in [4.69, 9.17) is 9.47 Å². The minimum atomic E-state index is -0.691. The number of anilines is 1. The molecule has 1 aromatic rings. The molecule has 2 rings (SSSR count). The molecule has 0 aromatic carbocycles. The van der Waals surface area contributed by atoms with E-state index in [9.17, 15) is 14.4 Å². The average molecular weight is 323 g/mol. The molecule has 1 unspecified atom stereocenters. The summed E-state index contributed by atoms with van der Waals surface area (Å²) < 4.78 is 9.84. The molecule has 0 aliphatic heterocycles. The number of carbonyl (C=O) groups is 2. The molecule has 23 heavy (non-hydrogen) atoms. The fourth-order valence-corrected chi connectivity index (χ4v) is 2.45. The molecule has 0 bridgehead atoms. The van der Waals surface area contributed by atoms with Crippen molar-refractivity contribution in [1.82, 2.24) is 9.97 Å². The number of aromatic amines is 1. The second-order valence-electron chi connectivity index (χ2n) is 6.43. The Hall–Kier alpha value is -2.38. The van der Waals surface area contributed by atoms with E-state index < -0.39 is 11.7 Å². The van der Waals surface area contributed by atoms with Gasteiger partial charge in [-0.05, 0) is 40.0 Å². The SMILES string of the molecule is COC(=O)C1CCc2nc(NC(=O)OC(C)(C)C)[nH]c(=O)c2C1. The van der Waals surface area contributed by atoms with Crippen molar-refractivity contribution in [3.63, 3.8) is 0 Å². The van der Waals surface area contributed by atoms with E-state index in [1.807, 2.05) is 0 Å². The maximum absolute atomic E-state index is 12.2. The van der Waals surface area contributed by atoms with E-state index in [-0.39, 0.29) is 29.8 Å². The number of nitrogens with zero attached hydrogens (tertiary/aromatic N) is 1. The summed E-state index contributed by atoms with van der Waals surface area (Å²) in [5, 5.41) is 2.42. The Morgan fingerprint density at radius 1 is 1.35 bits per heavy atom. The molecule has 1 aromatic heterocycles. The number of aryl methyl sites for hydroxylation is 1. The average Bonchev–Trinajstić information content (AvgIpc) is 2.44. The summed E-state index contributed by atoms with van der Waals surface area (Å²) >= 11 is 0. The van der Waals surface area contributed by atoms with Crippen LogP contribution in [0.1, 0.15) is 38.4 Å². The summed E-state index contributed by atoms with van der Waals surface area (Å²) in [4.78, 5) is 42.2. The fourth-order valence-electron chi connectivity index (χ4n) is 2.45. The van der Waals surface area contributed by atoms with Gasteiger partial charge in [0.05, 0.1) is 18.7 Å². The third-order valence-corrected chi connectivity index (χ3v) is 3.44. The molecule has 1 aliphatic rings. The maximum Gasteiger partial charge on any atom is 0.414 e. The van der Waals surface area contributed by atoms with Crippen LogP contribution >= 0.6 is 0 Å². The molecule has 2 N–H and O–H groups in total. The smallest absolute Gasteiger partial charge is 0.414 e. The number of hydrogen-bond donors (Lipinski definition) is 2. The summed E-state index contributed by atoms with van der Waals surface area (Å²) in [5.74, 6) is -0.620. The van der Waals surface area contributed by atoms with Gasteiger partial charge < -0.3 is 9.47 Å². The Balaban J connectivity index is 2.16. The quantitative estimate of drug-likeness (QED) is 0.796. The zero-order valence-electron chi connectivity index (χ0n) is 13.7. The van der Waals surface area contributed by atoms with Crippen LogP contribution < -0.4 is 10.9 Å². The van der Waals surface area contributed by atoms with Gasteiger partial charge in [0.25, 0.3) is 5.56 Å². The van der Waals surface area contributed by atoms with Gasteiger partial charge in [-0.1, -0.05) is 0 Å². The Kier molecular flexibility index (Phi) is 4.72. The summed E-state index contributed by atoms with van der Waals surface area (Å²) in [6.07, 6.45) is 0.630. The number of nitrogens with one attached hydrogen (secondary N) is 2. The summed E-state index contributed by atoms with van der Waals surface area (Å²) in [6, 6.07) is 0. The van der Waals surface area contributed by atoms with Crippen molar-refractivity contribution >= 4 is 18.0 Å². The van der Waals surface area contributed by atoms with Crippen molar-refractivity contribution in [2.75, 3.05) is 12.4 Å². The Labute approximate surface area is 133 Å². The van der Waals surface area contributed by atoms with Gasteiger partial charge in [-0.2, -0.15) is 0 Å². The van der Waals surface area contributed by atoms with Crippen LogP contribution in [0.3, 0.4) is 0 Å². The van der Waals surface area contributed by atoms with Crippen LogP contribution in [0.5, 0.6) is 0 Å². The van der Waals surface area contributed by atoms with Crippen molar-refractivity contribution in [2.24, 2.45) is 5.92 Å². The van der Waals surface area contributed by atoms with E-state index in [1.54, 1.807) is 20.8 Å². The van der Waals surface area contributed by atoms with Crippen LogP contribution in [-0.4, -0.2) is 34.7 Å². The number of hydrogen-bond acceptors (Lipinski definition) is 6. The molecule has 0 spiro atoms. The highest BCUT2D eigenvalue weighted by molar-refractivity contribution is 5.82. The highest BCUT2D eigenvalue weighted by Gasteiger charge is 2.28. The Morgan fingerprint density at radius 2 is 2.04 bits per heavy atom. The maximum atomic E-state index is 12.2. The molecule has 0 saturated heterocycles. The second kappa shape index (κ2) is 6.39. The number of H-pyrrole nitrogens is 1. The number of rotatable bonds is 2. The first-order valence-electron chi connectivity index (χ1n) is 7.39. The van der Waals surface area contributed by atoms with Crippen LogP contribution in [0.25, 0.3) is 0 Å². The molecule has 126 valence electrons. The van der Waals surface area contributed by atoms with E-state index in [0.717, 1.165) is 0 Å². The Bertz CT molecular complexity index is 675. The van der Waals surface area contributed by atoms with Crippen LogP contribution in [-0.2, 0) is 27.1 Å². The van der Waals surface area contributed by atoms with Gasteiger partial charge in [-0.15, -0.1) is 0 Å². The molecule has 0 saturated carbocycles. The molecule has 1 aliphatic carbocycles. The van der Waals surface area contributed by atoms with E-state index in [2.05, 4.69) is 15.3 Å². The van der Waals surface area contributed by atoms with Crippen LogP contribution in [0.4, 0.5) is 10.7 Å². The van der Waals surface area contributed by atoms with Gasteiger partial charge in [0.1, 0.15) is 5.60 Å². The lowest BCUT2D eigenvalue weighted by atomic mass is 9.87. The molecule has 0 radical (unpaired) electrons. The van der Waals surface area contributed by atoms with Gasteiger partial charge in [-0.25, -0.2) is 9.78 Å². The van der Waals surface area contributed by atoms with Gasteiger partial charge in [0, 0.05) is 5.56 Å². The lowest BCUT2D eigenvalue weighted by molar-refractivity contribution is -0.145. The molecule has 0 fully saturated rings. The van der Waals surface area contributed by atoms with Crippen molar-refractivity contribution in [3.8, 4) is 0 Å². The highest BCUT2D eigenvalue weighted by Crippen LogP contribution is 2.23. The van der Waals surface area contributed by atoms with E-state index >= 15 is 0 Å². The first kappa shape index (κ1) is 17.0. The minimum absolute atomic E-state index is 0.0412. The zero-order chi connectivity index (χ0) is 17.2. The van der Waals surface area contributed by atoms with Crippen LogP contribution in [0.2, 0.25) is 0 Å². The number of aromatic nitrogens is 2. The van der Waals surface area contributed by atoms with E-state index in [0.29, 0.717) is 24.1 Å². The number of fused-ring (bicyclic) bond motifs is 1. The number of methoxy groups -OCH3 is 1. The van der Waals surface area contributed by atoms with E-state index in [1.165, 1.54) is 7.11 Å². The number of carbonyl (C=O) groups excluding carboxylic acids is 2. The third-order valence-electron chi connectivity index (χ3n) is 3.44. The topological polar surface area (TPSA) is 110 Å². The molecule has 1 atom stereocenters. The lowest BCUT2D eigenvalue weighted by Crippen LogP contribution is -2.32. The minimum Gasteiger partial charge on any atom is -0.469 e. The summed E-state index contributed by atoms with van der Waals surface area (Å²) in [7, 11) is 1.33. The van der Waals surface area contributed by atoms with Crippen LogP contribution in [0, 0.1) is 5.92 Å². The predicted octanol–water partition coefficient (Wildman–Crippen LogP) is 1.39. The number of ether oxygens (including phenoxy) is 2. The van der Waals surface area contributed by atoms with Crippen molar-refractivity contribution in [1.29, 1.82) is 0 Å². The van der Waals surface area contributed by atoms with Crippen LogP contribution in [0.15, 0.2) is 4.79 Å². The molecule has 8 heteroatoms.